The molecule has 3 rings (SSSR count). The molecule has 0 bridgehead atoms. The van der Waals surface area contributed by atoms with Gasteiger partial charge < -0.3 is 10.6 Å². The van der Waals surface area contributed by atoms with Crippen LogP contribution >= 0.6 is 11.3 Å². The summed E-state index contributed by atoms with van der Waals surface area (Å²) in [5, 5.41) is 6.10. The number of hydrogen-bond donors (Lipinski definition) is 2. The number of rotatable bonds is 4. The summed E-state index contributed by atoms with van der Waals surface area (Å²) in [5.41, 5.74) is 1.12. The smallest absolute Gasteiger partial charge is 0.315 e. The fraction of sp³-hybridized carbons (Fsp3) is 0.176. The highest BCUT2D eigenvalue weighted by Crippen LogP contribution is 2.21. The summed E-state index contributed by atoms with van der Waals surface area (Å²) in [4.78, 5) is 16.4. The van der Waals surface area contributed by atoms with E-state index in [2.05, 4.69) is 15.6 Å². The zero-order valence-electron chi connectivity index (χ0n) is 12.8. The van der Waals surface area contributed by atoms with Gasteiger partial charge in [-0.25, -0.2) is 18.6 Å². The van der Waals surface area contributed by atoms with Crippen molar-refractivity contribution in [3.05, 3.63) is 64.7 Å². The molecule has 0 spiro atoms. The lowest BCUT2D eigenvalue weighted by molar-refractivity contribution is 0.237. The highest BCUT2D eigenvalue weighted by atomic mass is 32.1. The number of carbonyl (C=O) groups is 1. The normalized spacial score (nSPS) is 12.1. The number of para-hydroxylation sites is 1. The van der Waals surface area contributed by atoms with Crippen LogP contribution in [0, 0.1) is 11.6 Å². The van der Waals surface area contributed by atoms with E-state index in [1.54, 1.807) is 6.92 Å². The van der Waals surface area contributed by atoms with Crippen LogP contribution in [0.2, 0.25) is 0 Å². The average Bonchev–Trinajstić information content (AvgIpc) is 2.95. The first-order valence-electron chi connectivity index (χ1n) is 7.36. The Morgan fingerprint density at radius 3 is 2.79 bits per heavy atom. The number of halogens is 2. The number of thiazole rings is 1. The maximum Gasteiger partial charge on any atom is 0.315 e. The summed E-state index contributed by atoms with van der Waals surface area (Å²) < 4.78 is 27.7. The minimum atomic E-state index is -0.686. The number of urea groups is 1. The van der Waals surface area contributed by atoms with Gasteiger partial charge in [-0.1, -0.05) is 18.2 Å². The van der Waals surface area contributed by atoms with Gasteiger partial charge in [0.1, 0.15) is 16.6 Å². The molecular formula is C17H15F2N3OS. The van der Waals surface area contributed by atoms with Crippen molar-refractivity contribution >= 4 is 27.6 Å². The van der Waals surface area contributed by atoms with E-state index in [1.165, 1.54) is 17.4 Å². The third kappa shape index (κ3) is 3.68. The Kier molecular flexibility index (Phi) is 4.71. The molecule has 1 unspecified atom stereocenters. The summed E-state index contributed by atoms with van der Waals surface area (Å²) in [6.07, 6.45) is 0. The van der Waals surface area contributed by atoms with E-state index in [-0.39, 0.29) is 12.1 Å². The van der Waals surface area contributed by atoms with E-state index in [9.17, 15) is 13.6 Å². The fourth-order valence-corrected chi connectivity index (χ4v) is 3.24. The van der Waals surface area contributed by atoms with Crippen molar-refractivity contribution in [3.63, 3.8) is 0 Å². The first kappa shape index (κ1) is 16.3. The zero-order valence-corrected chi connectivity index (χ0v) is 13.7. The van der Waals surface area contributed by atoms with Crippen molar-refractivity contribution in [3.8, 4) is 0 Å². The van der Waals surface area contributed by atoms with E-state index in [4.69, 9.17) is 0 Å². The van der Waals surface area contributed by atoms with Crippen molar-refractivity contribution in [1.29, 1.82) is 0 Å². The van der Waals surface area contributed by atoms with Gasteiger partial charge in [0, 0.05) is 11.6 Å². The van der Waals surface area contributed by atoms with Crippen molar-refractivity contribution < 1.29 is 13.6 Å². The van der Waals surface area contributed by atoms with E-state index >= 15 is 0 Å². The molecule has 2 aromatic carbocycles. The molecule has 4 nitrogen and oxygen atoms in total. The van der Waals surface area contributed by atoms with Crippen LogP contribution < -0.4 is 10.6 Å². The largest absolute Gasteiger partial charge is 0.332 e. The number of amides is 2. The minimum Gasteiger partial charge on any atom is -0.332 e. The van der Waals surface area contributed by atoms with Crippen LogP contribution in [0.3, 0.4) is 0 Å². The average molecular weight is 347 g/mol. The standard InChI is InChI=1S/C17H15F2N3OS/c1-10(12-7-6-11(18)8-13(12)19)21-17(23)20-9-16-22-14-4-2-3-5-15(14)24-16/h2-8,10H,9H2,1H3,(H2,20,21,23). The first-order chi connectivity index (χ1) is 11.5. The summed E-state index contributed by atoms with van der Waals surface area (Å²) in [6, 6.07) is 9.98. The monoisotopic (exact) mass is 347 g/mol. The number of aromatic nitrogens is 1. The lowest BCUT2D eigenvalue weighted by Gasteiger charge is -2.15. The highest BCUT2D eigenvalue weighted by molar-refractivity contribution is 7.18. The van der Waals surface area contributed by atoms with Gasteiger partial charge in [0.05, 0.1) is 22.8 Å². The molecule has 2 amide bonds. The third-order valence-electron chi connectivity index (χ3n) is 3.51. The van der Waals surface area contributed by atoms with Gasteiger partial charge in [-0.05, 0) is 25.1 Å². The summed E-state index contributed by atoms with van der Waals surface area (Å²) in [7, 11) is 0. The van der Waals surface area contributed by atoms with Crippen LogP contribution in [0.5, 0.6) is 0 Å². The summed E-state index contributed by atoms with van der Waals surface area (Å²) in [6.45, 7) is 1.91. The van der Waals surface area contributed by atoms with Gasteiger partial charge in [0.2, 0.25) is 0 Å². The molecule has 2 N–H and O–H groups in total. The van der Waals surface area contributed by atoms with E-state index < -0.39 is 23.7 Å². The van der Waals surface area contributed by atoms with Crippen molar-refractivity contribution in [2.45, 2.75) is 19.5 Å². The fourth-order valence-electron chi connectivity index (χ4n) is 2.33. The number of nitrogens with zero attached hydrogens (tertiary/aromatic N) is 1. The van der Waals surface area contributed by atoms with E-state index in [0.29, 0.717) is 0 Å². The SMILES string of the molecule is CC(NC(=O)NCc1nc2ccccc2s1)c1ccc(F)cc1F. The molecule has 1 atom stereocenters. The summed E-state index contributed by atoms with van der Waals surface area (Å²) >= 11 is 1.50. The Bertz CT molecular complexity index is 848. The van der Waals surface area contributed by atoms with Gasteiger partial charge >= 0.3 is 6.03 Å². The van der Waals surface area contributed by atoms with Crippen molar-refractivity contribution in [1.82, 2.24) is 15.6 Å². The number of carbonyl (C=O) groups excluding carboxylic acids is 1. The number of fused-ring (bicyclic) bond motifs is 1. The van der Waals surface area contributed by atoms with Crippen LogP contribution in [-0.4, -0.2) is 11.0 Å². The Balaban J connectivity index is 1.58. The van der Waals surface area contributed by atoms with Crippen molar-refractivity contribution in [2.24, 2.45) is 0 Å². The molecule has 0 aliphatic heterocycles. The molecule has 0 aliphatic carbocycles. The van der Waals surface area contributed by atoms with Gasteiger partial charge in [-0.2, -0.15) is 0 Å². The maximum atomic E-state index is 13.7. The van der Waals surface area contributed by atoms with Crippen LogP contribution in [0.4, 0.5) is 13.6 Å². The number of nitrogens with one attached hydrogen (secondary N) is 2. The predicted octanol–water partition coefficient (Wildman–Crippen LogP) is 4.13. The maximum absolute atomic E-state index is 13.7. The number of hydrogen-bond acceptors (Lipinski definition) is 3. The number of benzene rings is 2. The van der Waals surface area contributed by atoms with Crippen LogP contribution in [-0.2, 0) is 6.54 Å². The lowest BCUT2D eigenvalue weighted by Crippen LogP contribution is -2.36. The third-order valence-corrected chi connectivity index (χ3v) is 4.55. The molecule has 24 heavy (non-hydrogen) atoms. The van der Waals surface area contributed by atoms with Gasteiger partial charge in [0.25, 0.3) is 0 Å². The first-order valence-corrected chi connectivity index (χ1v) is 8.18. The molecule has 0 fully saturated rings. The lowest BCUT2D eigenvalue weighted by atomic mass is 10.1. The summed E-state index contributed by atoms with van der Waals surface area (Å²) in [5.74, 6) is -1.34. The molecule has 124 valence electrons. The minimum absolute atomic E-state index is 0.228. The second-order valence-electron chi connectivity index (χ2n) is 5.29. The molecule has 0 radical (unpaired) electrons. The molecular weight excluding hydrogens is 332 g/mol. The second-order valence-corrected chi connectivity index (χ2v) is 6.41. The van der Waals surface area contributed by atoms with Crippen LogP contribution in [0.1, 0.15) is 23.5 Å². The molecule has 0 aliphatic rings. The van der Waals surface area contributed by atoms with Crippen LogP contribution in [0.15, 0.2) is 42.5 Å². The van der Waals surface area contributed by atoms with Gasteiger partial charge in [0.15, 0.2) is 0 Å². The second kappa shape index (κ2) is 6.92. The molecule has 0 saturated carbocycles. The van der Waals surface area contributed by atoms with Gasteiger partial charge in [-0.15, -0.1) is 11.3 Å². The molecule has 1 heterocycles. The zero-order chi connectivity index (χ0) is 17.1. The highest BCUT2D eigenvalue weighted by Gasteiger charge is 2.14. The van der Waals surface area contributed by atoms with E-state index in [0.717, 1.165) is 27.4 Å². The molecule has 0 saturated heterocycles. The topological polar surface area (TPSA) is 54.0 Å². The van der Waals surface area contributed by atoms with Crippen molar-refractivity contribution in [2.75, 3.05) is 0 Å². The quantitative estimate of drug-likeness (QED) is 0.745. The molecule has 3 aromatic rings. The Labute approximate surface area is 141 Å². The van der Waals surface area contributed by atoms with Gasteiger partial charge in [-0.3, -0.25) is 0 Å². The van der Waals surface area contributed by atoms with E-state index in [1.807, 2.05) is 24.3 Å². The van der Waals surface area contributed by atoms with Crippen LogP contribution in [0.25, 0.3) is 10.2 Å². The molecule has 1 aromatic heterocycles. The molecule has 7 heteroatoms. The Morgan fingerprint density at radius 1 is 1.25 bits per heavy atom. The predicted molar refractivity (Wildman–Crippen MR) is 89.8 cm³/mol. The Morgan fingerprint density at radius 2 is 2.04 bits per heavy atom. The Hall–Kier alpha value is -2.54.